The van der Waals surface area contributed by atoms with E-state index in [1.807, 2.05) is 0 Å². The molecular formula is C18H17BrClNO4. The molecule has 0 bridgehead atoms. The number of halogens is 2. The molecule has 0 atom stereocenters. The molecule has 2 aromatic rings. The van der Waals surface area contributed by atoms with Crippen molar-refractivity contribution < 1.29 is 19.0 Å². The lowest BCUT2D eigenvalue weighted by molar-refractivity contribution is -0.111. The van der Waals surface area contributed by atoms with Crippen molar-refractivity contribution in [2.24, 2.45) is 0 Å². The number of hydrogen-bond donors (Lipinski definition) is 1. The van der Waals surface area contributed by atoms with E-state index in [0.717, 1.165) is 4.47 Å². The number of hydrogen-bond acceptors (Lipinski definition) is 4. The molecule has 2 rings (SSSR count). The standard InChI is InChI=1S/C18H17BrClNO4/c1-23-15-8-4-11(17(24-2)18(15)25-3)5-9-16(22)21-12-6-7-13(19)14(20)10-12/h4-10H,1-3H3,(H,21,22)/b9-5+. The van der Waals surface area contributed by atoms with Crippen LogP contribution < -0.4 is 19.5 Å². The maximum Gasteiger partial charge on any atom is 0.248 e. The highest BCUT2D eigenvalue weighted by Gasteiger charge is 2.14. The summed E-state index contributed by atoms with van der Waals surface area (Å²) >= 11 is 9.32. The van der Waals surface area contributed by atoms with Crippen LogP contribution in [-0.2, 0) is 4.79 Å². The van der Waals surface area contributed by atoms with Crippen molar-refractivity contribution in [2.75, 3.05) is 26.6 Å². The van der Waals surface area contributed by atoms with Gasteiger partial charge in [-0.2, -0.15) is 0 Å². The monoisotopic (exact) mass is 425 g/mol. The van der Waals surface area contributed by atoms with E-state index < -0.39 is 0 Å². The summed E-state index contributed by atoms with van der Waals surface area (Å²) in [6.45, 7) is 0. The molecule has 0 unspecified atom stereocenters. The molecule has 2 aromatic carbocycles. The minimum atomic E-state index is -0.296. The van der Waals surface area contributed by atoms with E-state index in [2.05, 4.69) is 21.2 Å². The molecule has 0 saturated heterocycles. The Morgan fingerprint density at radius 3 is 2.40 bits per heavy atom. The Kier molecular flexibility index (Phi) is 6.73. The number of methoxy groups -OCH3 is 3. The maximum absolute atomic E-state index is 12.1. The van der Waals surface area contributed by atoms with Gasteiger partial charge in [-0.25, -0.2) is 0 Å². The number of nitrogens with one attached hydrogen (secondary N) is 1. The van der Waals surface area contributed by atoms with Gasteiger partial charge >= 0.3 is 0 Å². The second kappa shape index (κ2) is 8.78. The fourth-order valence-electron chi connectivity index (χ4n) is 2.18. The first-order valence-corrected chi connectivity index (χ1v) is 8.40. The molecule has 1 N–H and O–H groups in total. The Bertz CT molecular complexity index is 808. The third kappa shape index (κ3) is 4.67. The van der Waals surface area contributed by atoms with Crippen molar-refractivity contribution in [2.45, 2.75) is 0 Å². The first-order valence-electron chi connectivity index (χ1n) is 7.23. The Balaban J connectivity index is 2.20. The minimum Gasteiger partial charge on any atom is -0.493 e. The molecule has 0 saturated carbocycles. The maximum atomic E-state index is 12.1. The first-order chi connectivity index (χ1) is 12.0. The van der Waals surface area contributed by atoms with Gasteiger partial charge in [-0.1, -0.05) is 11.6 Å². The van der Waals surface area contributed by atoms with Crippen molar-refractivity contribution in [3.05, 3.63) is 51.5 Å². The summed E-state index contributed by atoms with van der Waals surface area (Å²) in [5.74, 6) is 1.20. The Hall–Kier alpha value is -2.18. The highest BCUT2D eigenvalue weighted by molar-refractivity contribution is 9.10. The lowest BCUT2D eigenvalue weighted by atomic mass is 10.1. The van der Waals surface area contributed by atoms with Gasteiger partial charge < -0.3 is 19.5 Å². The normalized spacial score (nSPS) is 10.6. The number of amides is 1. The van der Waals surface area contributed by atoms with Gasteiger partial charge in [0.1, 0.15) is 0 Å². The van der Waals surface area contributed by atoms with Crippen LogP contribution >= 0.6 is 27.5 Å². The van der Waals surface area contributed by atoms with Crippen LogP contribution in [0.5, 0.6) is 17.2 Å². The smallest absolute Gasteiger partial charge is 0.248 e. The topological polar surface area (TPSA) is 56.8 Å². The summed E-state index contributed by atoms with van der Waals surface area (Å²) in [6.07, 6.45) is 3.04. The first kappa shape index (κ1) is 19.1. The van der Waals surface area contributed by atoms with Gasteiger partial charge in [0.2, 0.25) is 11.7 Å². The zero-order valence-electron chi connectivity index (χ0n) is 13.9. The molecule has 25 heavy (non-hydrogen) atoms. The number of carbonyl (C=O) groups excluding carboxylic acids is 1. The summed E-state index contributed by atoms with van der Waals surface area (Å²) in [7, 11) is 4.60. The van der Waals surface area contributed by atoms with Crippen LogP contribution in [-0.4, -0.2) is 27.2 Å². The Labute approximate surface area is 159 Å². The largest absolute Gasteiger partial charge is 0.493 e. The fraction of sp³-hybridized carbons (Fsp3) is 0.167. The van der Waals surface area contributed by atoms with Crippen molar-refractivity contribution in [1.82, 2.24) is 0 Å². The molecule has 0 aromatic heterocycles. The highest BCUT2D eigenvalue weighted by Crippen LogP contribution is 2.40. The van der Waals surface area contributed by atoms with E-state index in [1.54, 1.807) is 43.5 Å². The predicted octanol–water partition coefficient (Wildman–Crippen LogP) is 4.78. The fourth-order valence-corrected chi connectivity index (χ4v) is 2.61. The minimum absolute atomic E-state index is 0.296. The summed E-state index contributed by atoms with van der Waals surface area (Å²) in [5.41, 5.74) is 1.28. The van der Waals surface area contributed by atoms with Crippen LogP contribution in [0.15, 0.2) is 40.9 Å². The van der Waals surface area contributed by atoms with Crippen LogP contribution in [0.25, 0.3) is 6.08 Å². The molecule has 0 heterocycles. The van der Waals surface area contributed by atoms with Crippen LogP contribution in [0.4, 0.5) is 5.69 Å². The molecule has 132 valence electrons. The van der Waals surface area contributed by atoms with Gasteiger partial charge in [0.05, 0.1) is 26.4 Å². The zero-order valence-corrected chi connectivity index (χ0v) is 16.3. The molecule has 0 aliphatic carbocycles. The summed E-state index contributed by atoms with van der Waals surface area (Å²) in [5, 5.41) is 3.26. The van der Waals surface area contributed by atoms with Crippen molar-refractivity contribution >= 4 is 45.2 Å². The average Bonchev–Trinajstić information content (AvgIpc) is 2.61. The van der Waals surface area contributed by atoms with Crippen LogP contribution in [0.2, 0.25) is 5.02 Å². The number of carbonyl (C=O) groups is 1. The molecule has 0 aliphatic heterocycles. The quantitative estimate of drug-likeness (QED) is 0.675. The molecule has 0 fully saturated rings. The van der Waals surface area contributed by atoms with Crippen LogP contribution in [0.1, 0.15) is 5.56 Å². The molecule has 1 amide bonds. The van der Waals surface area contributed by atoms with E-state index in [9.17, 15) is 4.79 Å². The number of benzene rings is 2. The number of anilines is 1. The SMILES string of the molecule is COc1ccc(/C=C/C(=O)Nc2ccc(Br)c(Cl)c2)c(OC)c1OC. The van der Waals surface area contributed by atoms with E-state index in [4.69, 9.17) is 25.8 Å². The van der Waals surface area contributed by atoms with Gasteiger partial charge in [0.15, 0.2) is 11.5 Å². The zero-order chi connectivity index (χ0) is 18.4. The van der Waals surface area contributed by atoms with E-state index in [0.29, 0.717) is 33.5 Å². The molecule has 0 radical (unpaired) electrons. The summed E-state index contributed by atoms with van der Waals surface area (Å²) < 4.78 is 16.7. The molecule has 5 nitrogen and oxygen atoms in total. The molecule has 7 heteroatoms. The average molecular weight is 427 g/mol. The van der Waals surface area contributed by atoms with Gasteiger partial charge in [-0.3, -0.25) is 4.79 Å². The van der Waals surface area contributed by atoms with Crippen LogP contribution in [0, 0.1) is 0 Å². The van der Waals surface area contributed by atoms with Gasteiger partial charge in [-0.05, 0) is 52.3 Å². The second-order valence-corrected chi connectivity index (χ2v) is 6.14. The van der Waals surface area contributed by atoms with Crippen molar-refractivity contribution in [3.63, 3.8) is 0 Å². The predicted molar refractivity (Wildman–Crippen MR) is 103 cm³/mol. The summed E-state index contributed by atoms with van der Waals surface area (Å²) in [4.78, 5) is 12.1. The Morgan fingerprint density at radius 1 is 1.08 bits per heavy atom. The number of ether oxygens (including phenoxy) is 3. The van der Waals surface area contributed by atoms with Gasteiger partial charge in [-0.15, -0.1) is 0 Å². The molecule has 0 aliphatic rings. The highest BCUT2D eigenvalue weighted by atomic mass is 79.9. The van der Waals surface area contributed by atoms with Gasteiger partial charge in [0.25, 0.3) is 0 Å². The van der Waals surface area contributed by atoms with Crippen LogP contribution in [0.3, 0.4) is 0 Å². The Morgan fingerprint density at radius 2 is 1.80 bits per heavy atom. The second-order valence-electron chi connectivity index (χ2n) is 4.88. The van der Waals surface area contributed by atoms with E-state index in [-0.39, 0.29) is 5.91 Å². The van der Waals surface area contributed by atoms with Crippen molar-refractivity contribution in [1.29, 1.82) is 0 Å². The lowest BCUT2D eigenvalue weighted by Crippen LogP contribution is -2.07. The third-order valence-electron chi connectivity index (χ3n) is 3.34. The van der Waals surface area contributed by atoms with Crippen molar-refractivity contribution in [3.8, 4) is 17.2 Å². The van der Waals surface area contributed by atoms with E-state index >= 15 is 0 Å². The lowest BCUT2D eigenvalue weighted by Gasteiger charge is -2.14. The van der Waals surface area contributed by atoms with Gasteiger partial charge in [0, 0.05) is 21.8 Å². The molecule has 0 spiro atoms. The summed E-state index contributed by atoms with van der Waals surface area (Å²) in [6, 6.07) is 8.69. The number of rotatable bonds is 6. The van der Waals surface area contributed by atoms with E-state index in [1.165, 1.54) is 20.3 Å². The molecular weight excluding hydrogens is 410 g/mol. The third-order valence-corrected chi connectivity index (χ3v) is 4.57.